The molecule has 1 aromatic heterocycles. The predicted molar refractivity (Wildman–Crippen MR) is 122 cm³/mol. The topological polar surface area (TPSA) is 53.4 Å². The fourth-order valence-electron chi connectivity index (χ4n) is 3.40. The molecule has 1 saturated carbocycles. The van der Waals surface area contributed by atoms with Crippen molar-refractivity contribution in [3.63, 3.8) is 0 Å². The molecule has 0 spiro atoms. The summed E-state index contributed by atoms with van der Waals surface area (Å²) in [6.07, 6.45) is 11.5. The molecule has 1 aromatic carbocycles. The zero-order valence-electron chi connectivity index (χ0n) is 18.4. The highest BCUT2D eigenvalue weighted by molar-refractivity contribution is 7.99. The summed E-state index contributed by atoms with van der Waals surface area (Å²) >= 11 is 1.66. The third-order valence-electron chi connectivity index (χ3n) is 5.57. The number of esters is 1. The van der Waals surface area contributed by atoms with E-state index in [0.29, 0.717) is 30.7 Å². The molecule has 1 atom stereocenters. The third kappa shape index (κ3) is 6.79. The van der Waals surface area contributed by atoms with Gasteiger partial charge in [-0.25, -0.2) is 0 Å². The van der Waals surface area contributed by atoms with Crippen LogP contribution >= 0.6 is 11.8 Å². The van der Waals surface area contributed by atoms with Gasteiger partial charge in [-0.1, -0.05) is 33.1 Å². The Hall–Kier alpha value is -1.95. The van der Waals surface area contributed by atoms with Crippen LogP contribution in [-0.2, 0) is 9.53 Å². The average Bonchev–Trinajstić information content (AvgIpc) is 3.50. The minimum Gasteiger partial charge on any atom is -0.497 e. The molecule has 30 heavy (non-hydrogen) atoms. The van der Waals surface area contributed by atoms with Gasteiger partial charge in [0.05, 0.1) is 32.4 Å². The first kappa shape index (κ1) is 22.7. The van der Waals surface area contributed by atoms with E-state index in [4.69, 9.17) is 9.47 Å². The van der Waals surface area contributed by atoms with Gasteiger partial charge in [0, 0.05) is 22.4 Å². The monoisotopic (exact) mass is 430 g/mol. The molecule has 2 aromatic rings. The Morgan fingerprint density at radius 1 is 1.27 bits per heavy atom. The molecule has 0 radical (unpaired) electrons. The summed E-state index contributed by atoms with van der Waals surface area (Å²) in [4.78, 5) is 13.2. The van der Waals surface area contributed by atoms with Gasteiger partial charge in [-0.2, -0.15) is 5.10 Å². The molecular formula is C24H34N2O3S. The molecule has 1 heterocycles. The lowest BCUT2D eigenvalue weighted by atomic mass is 10.0. The van der Waals surface area contributed by atoms with Crippen molar-refractivity contribution in [3.8, 4) is 16.9 Å². The van der Waals surface area contributed by atoms with E-state index >= 15 is 0 Å². The summed E-state index contributed by atoms with van der Waals surface area (Å²) in [6.45, 7) is 4.91. The van der Waals surface area contributed by atoms with Crippen molar-refractivity contribution >= 4 is 17.7 Å². The van der Waals surface area contributed by atoms with Crippen molar-refractivity contribution < 1.29 is 14.3 Å². The lowest BCUT2D eigenvalue weighted by Crippen LogP contribution is -2.14. The van der Waals surface area contributed by atoms with Gasteiger partial charge in [0.2, 0.25) is 0 Å². The van der Waals surface area contributed by atoms with Crippen LogP contribution in [0.3, 0.4) is 0 Å². The second-order valence-corrected chi connectivity index (χ2v) is 9.20. The van der Waals surface area contributed by atoms with Gasteiger partial charge in [0.25, 0.3) is 0 Å². The lowest BCUT2D eigenvalue weighted by Gasteiger charge is -2.14. The first-order valence-electron chi connectivity index (χ1n) is 11.1. The summed E-state index contributed by atoms with van der Waals surface area (Å²) in [5.74, 6) is 1.89. The molecule has 5 nitrogen and oxygen atoms in total. The Morgan fingerprint density at radius 2 is 2.10 bits per heavy atom. The molecule has 6 heteroatoms. The first-order valence-corrected chi connectivity index (χ1v) is 12.1. The van der Waals surface area contributed by atoms with Crippen LogP contribution in [0.1, 0.15) is 64.8 Å². The van der Waals surface area contributed by atoms with Crippen molar-refractivity contribution in [2.24, 2.45) is 5.92 Å². The Labute approximate surface area is 184 Å². The first-order chi connectivity index (χ1) is 14.6. The van der Waals surface area contributed by atoms with Crippen LogP contribution in [0.4, 0.5) is 0 Å². The SMILES string of the molecule is CCCCC(CC)COC(=O)CCSc1cc(OC)cc(-c2cnn(C3CC3)c2)c1. The van der Waals surface area contributed by atoms with Gasteiger partial charge in [-0.15, -0.1) is 11.8 Å². The zero-order valence-corrected chi connectivity index (χ0v) is 19.2. The summed E-state index contributed by atoms with van der Waals surface area (Å²) in [7, 11) is 1.68. The predicted octanol–water partition coefficient (Wildman–Crippen LogP) is 6.14. The maximum absolute atomic E-state index is 12.1. The van der Waals surface area contributed by atoms with Crippen molar-refractivity contribution in [3.05, 3.63) is 30.6 Å². The molecule has 1 aliphatic carbocycles. The number of thioether (sulfide) groups is 1. The van der Waals surface area contributed by atoms with Crippen molar-refractivity contribution in [1.29, 1.82) is 0 Å². The van der Waals surface area contributed by atoms with Crippen LogP contribution in [0.2, 0.25) is 0 Å². The number of aromatic nitrogens is 2. The van der Waals surface area contributed by atoms with Gasteiger partial charge in [-0.3, -0.25) is 9.48 Å². The van der Waals surface area contributed by atoms with E-state index in [1.165, 1.54) is 25.7 Å². The van der Waals surface area contributed by atoms with Crippen LogP contribution in [-0.4, -0.2) is 35.2 Å². The van der Waals surface area contributed by atoms with E-state index in [9.17, 15) is 4.79 Å². The normalized spacial score (nSPS) is 14.5. The third-order valence-corrected chi connectivity index (χ3v) is 6.55. The maximum atomic E-state index is 12.1. The lowest BCUT2D eigenvalue weighted by molar-refractivity contribution is -0.144. The van der Waals surface area contributed by atoms with E-state index in [-0.39, 0.29) is 5.97 Å². The van der Waals surface area contributed by atoms with E-state index in [1.807, 2.05) is 18.3 Å². The zero-order chi connectivity index (χ0) is 21.3. The van der Waals surface area contributed by atoms with Crippen molar-refractivity contribution in [2.45, 2.75) is 69.7 Å². The molecule has 0 bridgehead atoms. The van der Waals surface area contributed by atoms with Crippen LogP contribution in [0, 0.1) is 5.92 Å². The number of carbonyl (C=O) groups is 1. The van der Waals surface area contributed by atoms with Crippen molar-refractivity contribution in [1.82, 2.24) is 9.78 Å². The Morgan fingerprint density at radius 3 is 2.80 bits per heavy atom. The minimum atomic E-state index is -0.105. The summed E-state index contributed by atoms with van der Waals surface area (Å²) in [6, 6.07) is 6.76. The molecule has 1 fully saturated rings. The Kier molecular flexibility index (Phi) is 8.67. The van der Waals surface area contributed by atoms with E-state index < -0.39 is 0 Å². The van der Waals surface area contributed by atoms with Gasteiger partial charge < -0.3 is 9.47 Å². The molecule has 0 amide bonds. The van der Waals surface area contributed by atoms with Crippen LogP contribution < -0.4 is 4.74 Å². The van der Waals surface area contributed by atoms with Gasteiger partial charge in [0.1, 0.15) is 5.75 Å². The van der Waals surface area contributed by atoms with Gasteiger partial charge in [0.15, 0.2) is 0 Å². The summed E-state index contributed by atoms with van der Waals surface area (Å²) < 4.78 is 13.1. The largest absolute Gasteiger partial charge is 0.497 e. The van der Waals surface area contributed by atoms with E-state index in [0.717, 1.165) is 34.6 Å². The molecule has 0 aliphatic heterocycles. The average molecular weight is 431 g/mol. The smallest absolute Gasteiger partial charge is 0.306 e. The number of unbranched alkanes of at least 4 members (excludes halogenated alkanes) is 1. The molecule has 1 aliphatic rings. The number of ether oxygens (including phenoxy) is 2. The number of rotatable bonds is 13. The van der Waals surface area contributed by atoms with Crippen LogP contribution in [0.15, 0.2) is 35.5 Å². The fraction of sp³-hybridized carbons (Fsp3) is 0.583. The highest BCUT2D eigenvalue weighted by Crippen LogP contribution is 2.36. The minimum absolute atomic E-state index is 0.105. The summed E-state index contributed by atoms with van der Waals surface area (Å²) in [5, 5.41) is 4.49. The molecule has 1 unspecified atom stereocenters. The number of carbonyl (C=O) groups excluding carboxylic acids is 1. The molecule has 0 N–H and O–H groups in total. The highest BCUT2D eigenvalue weighted by atomic mass is 32.2. The second kappa shape index (κ2) is 11.4. The second-order valence-electron chi connectivity index (χ2n) is 8.04. The number of hydrogen-bond acceptors (Lipinski definition) is 5. The molecule has 164 valence electrons. The van der Waals surface area contributed by atoms with Crippen molar-refractivity contribution in [2.75, 3.05) is 19.5 Å². The molecule has 3 rings (SSSR count). The Bertz CT molecular complexity index is 817. The number of methoxy groups -OCH3 is 1. The molecular weight excluding hydrogens is 396 g/mol. The molecule has 0 saturated heterocycles. The van der Waals surface area contributed by atoms with Crippen LogP contribution in [0.25, 0.3) is 11.1 Å². The number of nitrogens with zero attached hydrogens (tertiary/aromatic N) is 2. The maximum Gasteiger partial charge on any atom is 0.306 e. The fourth-order valence-corrected chi connectivity index (χ4v) is 4.31. The number of benzene rings is 1. The Balaban J connectivity index is 1.51. The van der Waals surface area contributed by atoms with E-state index in [2.05, 4.69) is 35.9 Å². The standard InChI is InChI=1S/C24H34N2O3S/c1-4-6-7-18(5-2)17-29-24(27)10-11-30-23-13-19(12-22(14-23)28-3)20-15-25-26(16-20)21-8-9-21/h12-16,18,21H,4-11,17H2,1-3H3. The number of hydrogen-bond donors (Lipinski definition) is 0. The quantitative estimate of drug-likeness (QED) is 0.282. The summed E-state index contributed by atoms with van der Waals surface area (Å²) in [5.41, 5.74) is 2.19. The highest BCUT2D eigenvalue weighted by Gasteiger charge is 2.24. The van der Waals surface area contributed by atoms with E-state index in [1.54, 1.807) is 18.9 Å². The van der Waals surface area contributed by atoms with Crippen LogP contribution in [0.5, 0.6) is 5.75 Å². The van der Waals surface area contributed by atoms with Gasteiger partial charge in [-0.05, 0) is 48.9 Å². The van der Waals surface area contributed by atoms with Gasteiger partial charge >= 0.3 is 5.97 Å².